The van der Waals surface area contributed by atoms with Gasteiger partial charge in [-0.3, -0.25) is 10.1 Å². The van der Waals surface area contributed by atoms with Gasteiger partial charge in [-0.05, 0) is 31.4 Å². The van der Waals surface area contributed by atoms with Crippen LogP contribution in [0.4, 0.5) is 10.5 Å². The highest BCUT2D eigenvalue weighted by molar-refractivity contribution is 5.89. The Kier molecular flexibility index (Phi) is 4.55. The molecule has 1 saturated heterocycles. The molecular weight excluding hydrogens is 330 g/mol. The largest absolute Gasteiger partial charge is 0.322 e. The summed E-state index contributed by atoms with van der Waals surface area (Å²) in [6.45, 7) is 0.685. The smallest absolute Gasteiger partial charge is 0.314 e. The molecule has 1 aromatic carbocycles. The highest BCUT2D eigenvalue weighted by Gasteiger charge is 2.30. The lowest BCUT2D eigenvalue weighted by molar-refractivity contribution is 0.159. The lowest BCUT2D eigenvalue weighted by Gasteiger charge is -2.34. The second-order valence-corrected chi connectivity index (χ2v) is 6.14. The molecule has 0 spiro atoms. The van der Waals surface area contributed by atoms with E-state index >= 15 is 0 Å². The van der Waals surface area contributed by atoms with E-state index in [2.05, 4.69) is 30.5 Å². The zero-order chi connectivity index (χ0) is 17.8. The molecule has 0 radical (unpaired) electrons. The first-order valence-electron chi connectivity index (χ1n) is 8.62. The lowest BCUT2D eigenvalue weighted by Crippen LogP contribution is -2.41. The van der Waals surface area contributed by atoms with Crippen molar-refractivity contribution in [2.75, 3.05) is 11.9 Å². The van der Waals surface area contributed by atoms with Crippen LogP contribution >= 0.6 is 0 Å². The third-order valence-electron chi connectivity index (χ3n) is 4.40. The van der Waals surface area contributed by atoms with Crippen LogP contribution in [-0.2, 0) is 0 Å². The van der Waals surface area contributed by atoms with Gasteiger partial charge in [0.2, 0.25) is 5.82 Å². The number of carbonyl (C=O) groups is 1. The Morgan fingerprint density at radius 1 is 1.19 bits per heavy atom. The minimum Gasteiger partial charge on any atom is -0.314 e. The minimum atomic E-state index is -0.134. The van der Waals surface area contributed by atoms with Crippen LogP contribution in [0.2, 0.25) is 0 Å². The second kappa shape index (κ2) is 7.30. The first-order valence-corrected chi connectivity index (χ1v) is 8.62. The number of nitrogens with zero attached hydrogens (tertiary/aromatic N) is 5. The molecule has 0 saturated carbocycles. The normalized spacial score (nSPS) is 17.1. The third-order valence-corrected chi connectivity index (χ3v) is 4.40. The number of piperidine rings is 1. The summed E-state index contributed by atoms with van der Waals surface area (Å²) in [5.74, 6) is 1.16. The topological polar surface area (TPSA) is 99.7 Å². The molecular formula is C18H19N7O. The van der Waals surface area contributed by atoms with Crippen LogP contribution in [0.5, 0.6) is 0 Å². The standard InChI is InChI=1S/C18H19N7O/c26-18(21-13-6-2-1-3-7-13)25-11-5-4-8-15(25)17-22-16(23-24-17)14-12-19-9-10-20-14/h1-3,6-7,9-10,12,15H,4-5,8,11H2,(H,21,26)(H,22,23,24). The molecule has 2 amide bonds. The number of urea groups is 1. The molecule has 26 heavy (non-hydrogen) atoms. The first-order chi connectivity index (χ1) is 12.8. The van der Waals surface area contributed by atoms with Crippen LogP contribution in [-0.4, -0.2) is 42.6 Å². The summed E-state index contributed by atoms with van der Waals surface area (Å²) in [6, 6.07) is 9.19. The number of amides is 2. The Morgan fingerprint density at radius 2 is 2.08 bits per heavy atom. The van der Waals surface area contributed by atoms with Crippen LogP contribution < -0.4 is 5.32 Å². The van der Waals surface area contributed by atoms with E-state index in [0.29, 0.717) is 23.9 Å². The maximum atomic E-state index is 12.8. The van der Waals surface area contributed by atoms with Crippen molar-refractivity contribution in [1.82, 2.24) is 30.0 Å². The Bertz CT molecular complexity index is 866. The number of hydrogen-bond donors (Lipinski definition) is 2. The number of benzene rings is 1. The fourth-order valence-electron chi connectivity index (χ4n) is 3.13. The first kappa shape index (κ1) is 16.2. The van der Waals surface area contributed by atoms with Gasteiger partial charge in [-0.2, -0.15) is 5.10 Å². The Balaban J connectivity index is 1.54. The molecule has 1 atom stereocenters. The number of likely N-dealkylation sites (tertiary alicyclic amines) is 1. The van der Waals surface area contributed by atoms with Gasteiger partial charge < -0.3 is 10.2 Å². The molecule has 8 heteroatoms. The van der Waals surface area contributed by atoms with E-state index < -0.39 is 0 Å². The number of rotatable bonds is 3. The number of aromatic nitrogens is 5. The number of anilines is 1. The number of para-hydroxylation sites is 1. The van der Waals surface area contributed by atoms with Crippen LogP contribution in [0.3, 0.4) is 0 Å². The summed E-state index contributed by atoms with van der Waals surface area (Å²) in [6.07, 6.45) is 7.69. The molecule has 0 aliphatic carbocycles. The van der Waals surface area contributed by atoms with Crippen LogP contribution in [0, 0.1) is 0 Å². The second-order valence-electron chi connectivity index (χ2n) is 6.14. The van der Waals surface area contributed by atoms with E-state index in [0.717, 1.165) is 24.9 Å². The molecule has 132 valence electrons. The molecule has 2 aromatic heterocycles. The van der Waals surface area contributed by atoms with Gasteiger partial charge in [0.25, 0.3) is 0 Å². The van der Waals surface area contributed by atoms with Crippen molar-refractivity contribution >= 4 is 11.7 Å². The number of nitrogens with one attached hydrogen (secondary N) is 2. The third kappa shape index (κ3) is 3.39. The Morgan fingerprint density at radius 3 is 2.88 bits per heavy atom. The zero-order valence-electron chi connectivity index (χ0n) is 14.2. The molecule has 3 aromatic rings. The van der Waals surface area contributed by atoms with Crippen molar-refractivity contribution in [3.63, 3.8) is 0 Å². The van der Waals surface area contributed by atoms with E-state index in [4.69, 9.17) is 0 Å². The van der Waals surface area contributed by atoms with E-state index in [9.17, 15) is 4.79 Å². The van der Waals surface area contributed by atoms with Crippen molar-refractivity contribution in [2.45, 2.75) is 25.3 Å². The summed E-state index contributed by atoms with van der Waals surface area (Å²) in [5, 5.41) is 10.2. The maximum Gasteiger partial charge on any atom is 0.322 e. The average molecular weight is 349 g/mol. The molecule has 0 bridgehead atoms. The molecule has 2 N–H and O–H groups in total. The fraction of sp³-hybridized carbons (Fsp3) is 0.278. The number of H-pyrrole nitrogens is 1. The van der Waals surface area contributed by atoms with Crippen molar-refractivity contribution < 1.29 is 4.79 Å². The van der Waals surface area contributed by atoms with Crippen LogP contribution in [0.25, 0.3) is 11.5 Å². The van der Waals surface area contributed by atoms with Crippen LogP contribution in [0.15, 0.2) is 48.9 Å². The quantitative estimate of drug-likeness (QED) is 0.757. The van der Waals surface area contributed by atoms with Crippen molar-refractivity contribution in [1.29, 1.82) is 0 Å². The van der Waals surface area contributed by atoms with Gasteiger partial charge in [0.15, 0.2) is 0 Å². The predicted octanol–water partition coefficient (Wildman–Crippen LogP) is 3.02. The van der Waals surface area contributed by atoms with Gasteiger partial charge in [-0.25, -0.2) is 14.8 Å². The molecule has 1 aliphatic heterocycles. The summed E-state index contributed by atoms with van der Waals surface area (Å²) >= 11 is 0. The highest BCUT2D eigenvalue weighted by atomic mass is 16.2. The van der Waals surface area contributed by atoms with Crippen molar-refractivity contribution in [3.8, 4) is 11.5 Å². The molecule has 1 fully saturated rings. The Labute approximate surface area is 150 Å². The number of carbonyl (C=O) groups excluding carboxylic acids is 1. The fourth-order valence-corrected chi connectivity index (χ4v) is 3.13. The molecule has 3 heterocycles. The van der Waals surface area contributed by atoms with Crippen molar-refractivity contribution in [2.24, 2.45) is 0 Å². The summed E-state index contributed by atoms with van der Waals surface area (Å²) in [7, 11) is 0. The lowest BCUT2D eigenvalue weighted by atomic mass is 10.0. The van der Waals surface area contributed by atoms with Gasteiger partial charge >= 0.3 is 6.03 Å². The SMILES string of the molecule is O=C(Nc1ccccc1)N1CCCCC1c1nc(-c2cnccn2)n[nH]1. The van der Waals surface area contributed by atoms with E-state index in [1.807, 2.05) is 35.2 Å². The summed E-state index contributed by atoms with van der Waals surface area (Å²) in [5.41, 5.74) is 1.38. The average Bonchev–Trinajstić information content (AvgIpc) is 3.19. The number of aromatic amines is 1. The monoisotopic (exact) mass is 349 g/mol. The summed E-state index contributed by atoms with van der Waals surface area (Å²) in [4.78, 5) is 27.4. The van der Waals surface area contributed by atoms with Gasteiger partial charge in [0, 0.05) is 24.6 Å². The van der Waals surface area contributed by atoms with Gasteiger partial charge in [-0.1, -0.05) is 18.2 Å². The van der Waals surface area contributed by atoms with E-state index in [-0.39, 0.29) is 12.1 Å². The van der Waals surface area contributed by atoms with Crippen LogP contribution in [0.1, 0.15) is 31.1 Å². The maximum absolute atomic E-state index is 12.8. The highest BCUT2D eigenvalue weighted by Crippen LogP contribution is 2.30. The van der Waals surface area contributed by atoms with Gasteiger partial charge in [0.05, 0.1) is 12.2 Å². The minimum absolute atomic E-state index is 0.127. The van der Waals surface area contributed by atoms with Gasteiger partial charge in [-0.15, -0.1) is 0 Å². The molecule has 1 unspecified atom stereocenters. The van der Waals surface area contributed by atoms with E-state index in [1.165, 1.54) is 0 Å². The van der Waals surface area contributed by atoms with Crippen molar-refractivity contribution in [3.05, 3.63) is 54.7 Å². The van der Waals surface area contributed by atoms with E-state index in [1.54, 1.807) is 18.6 Å². The predicted molar refractivity (Wildman–Crippen MR) is 96.2 cm³/mol. The molecule has 1 aliphatic rings. The number of hydrogen-bond acceptors (Lipinski definition) is 5. The zero-order valence-corrected chi connectivity index (χ0v) is 14.2. The van der Waals surface area contributed by atoms with Gasteiger partial charge in [0.1, 0.15) is 11.5 Å². The molecule has 8 nitrogen and oxygen atoms in total. The Hall–Kier alpha value is -3.29. The summed E-state index contributed by atoms with van der Waals surface area (Å²) < 4.78 is 0. The molecule has 4 rings (SSSR count).